The van der Waals surface area contributed by atoms with Crippen LogP contribution in [0.1, 0.15) is 6.92 Å². The molecule has 0 bridgehead atoms. The van der Waals surface area contributed by atoms with E-state index in [0.717, 1.165) is 0 Å². The second-order valence-electron chi connectivity index (χ2n) is 3.87. The van der Waals surface area contributed by atoms with Crippen molar-refractivity contribution in [1.82, 2.24) is 9.97 Å². The summed E-state index contributed by atoms with van der Waals surface area (Å²) in [4.78, 5) is 8.03. The molecule has 2 rings (SSSR count). The first-order valence-corrected chi connectivity index (χ1v) is 7.71. The zero-order chi connectivity index (χ0) is 14.6. The third-order valence-electron chi connectivity index (χ3n) is 2.37. The average Bonchev–Trinajstić information content (AvgIpc) is 2.42. The number of nitrogens with one attached hydrogen (secondary N) is 2. The van der Waals surface area contributed by atoms with E-state index < -0.39 is 10.0 Å². The lowest BCUT2D eigenvalue weighted by molar-refractivity contribution is 0.601. The molecule has 106 valence electrons. The first-order valence-electron chi connectivity index (χ1n) is 5.85. The number of hydrogen-bond donors (Lipinski definition) is 2. The fourth-order valence-corrected chi connectivity index (χ4v) is 2.62. The van der Waals surface area contributed by atoms with Crippen molar-refractivity contribution in [1.29, 1.82) is 0 Å². The third kappa shape index (κ3) is 3.58. The zero-order valence-corrected chi connectivity index (χ0v) is 12.2. The molecule has 0 atom stereocenters. The van der Waals surface area contributed by atoms with Gasteiger partial charge in [0.25, 0.3) is 10.0 Å². The number of hydrogen-bond acceptors (Lipinski definition) is 5. The van der Waals surface area contributed by atoms with Crippen LogP contribution in [0.15, 0.2) is 41.6 Å². The summed E-state index contributed by atoms with van der Waals surface area (Å²) in [6.07, 6.45) is 2.80. The third-order valence-corrected chi connectivity index (χ3v) is 3.94. The van der Waals surface area contributed by atoms with Crippen molar-refractivity contribution in [2.24, 2.45) is 0 Å². The van der Waals surface area contributed by atoms with Gasteiger partial charge in [0, 0.05) is 25.0 Å². The van der Waals surface area contributed by atoms with Gasteiger partial charge in [-0.05, 0) is 25.1 Å². The van der Waals surface area contributed by atoms with Crippen LogP contribution < -0.4 is 10.0 Å². The number of anilines is 2. The fraction of sp³-hybridized carbons (Fsp3) is 0.167. The van der Waals surface area contributed by atoms with Crippen molar-refractivity contribution in [3.8, 4) is 0 Å². The molecule has 0 spiro atoms. The van der Waals surface area contributed by atoms with Gasteiger partial charge in [0.2, 0.25) is 0 Å². The summed E-state index contributed by atoms with van der Waals surface area (Å²) in [6.45, 7) is 2.56. The Morgan fingerprint density at radius 3 is 2.65 bits per heavy atom. The zero-order valence-electron chi connectivity index (χ0n) is 10.7. The number of sulfonamides is 1. The first kappa shape index (κ1) is 14.5. The van der Waals surface area contributed by atoms with Gasteiger partial charge in [-0.15, -0.1) is 0 Å². The smallest absolute Gasteiger partial charge is 0.263 e. The standard InChI is InChI=1S/C12H13ClN4O2S/c1-2-14-12-7-10(5-6-15-12)20(18,19)17-11-4-3-9(13)8-16-11/h3-8H,2H2,1H3,(H,14,15)(H,16,17). The van der Waals surface area contributed by atoms with Crippen LogP contribution in [0.25, 0.3) is 0 Å². The fourth-order valence-electron chi connectivity index (χ4n) is 1.49. The molecule has 0 aliphatic heterocycles. The highest BCUT2D eigenvalue weighted by molar-refractivity contribution is 7.92. The van der Waals surface area contributed by atoms with Gasteiger partial charge in [0.1, 0.15) is 11.6 Å². The SMILES string of the molecule is CCNc1cc(S(=O)(=O)Nc2ccc(Cl)cn2)ccn1. The Bertz CT molecular complexity index is 689. The lowest BCUT2D eigenvalue weighted by Crippen LogP contribution is -2.14. The number of rotatable bonds is 5. The highest BCUT2D eigenvalue weighted by Crippen LogP contribution is 2.17. The highest BCUT2D eigenvalue weighted by atomic mass is 35.5. The summed E-state index contributed by atoms with van der Waals surface area (Å²) in [7, 11) is -3.70. The predicted octanol–water partition coefficient (Wildman–Crippen LogP) is 2.36. The maximum atomic E-state index is 12.2. The summed E-state index contributed by atoms with van der Waals surface area (Å²) < 4.78 is 26.8. The monoisotopic (exact) mass is 312 g/mol. The molecular weight excluding hydrogens is 300 g/mol. The second kappa shape index (κ2) is 6.06. The van der Waals surface area contributed by atoms with Gasteiger partial charge in [-0.25, -0.2) is 18.4 Å². The molecule has 0 saturated carbocycles. The Morgan fingerprint density at radius 1 is 1.20 bits per heavy atom. The minimum absolute atomic E-state index is 0.111. The van der Waals surface area contributed by atoms with Crippen molar-refractivity contribution in [2.75, 3.05) is 16.6 Å². The molecule has 0 amide bonds. The molecule has 0 saturated heterocycles. The maximum Gasteiger partial charge on any atom is 0.263 e. The summed E-state index contributed by atoms with van der Waals surface area (Å²) >= 11 is 5.70. The van der Waals surface area contributed by atoms with E-state index in [2.05, 4.69) is 20.0 Å². The molecule has 0 aliphatic rings. The van der Waals surface area contributed by atoms with Crippen LogP contribution in [0.3, 0.4) is 0 Å². The summed E-state index contributed by atoms with van der Waals surface area (Å²) in [5.74, 6) is 0.704. The second-order valence-corrected chi connectivity index (χ2v) is 5.99. The molecule has 20 heavy (non-hydrogen) atoms. The summed E-state index contributed by atoms with van der Waals surface area (Å²) in [6, 6.07) is 5.93. The molecular formula is C12H13ClN4O2S. The van der Waals surface area contributed by atoms with Gasteiger partial charge in [-0.3, -0.25) is 4.72 Å². The lowest BCUT2D eigenvalue weighted by Gasteiger charge is -2.08. The van der Waals surface area contributed by atoms with Crippen LogP contribution >= 0.6 is 11.6 Å². The number of nitrogens with zero attached hydrogens (tertiary/aromatic N) is 2. The van der Waals surface area contributed by atoms with Crippen molar-refractivity contribution < 1.29 is 8.42 Å². The van der Waals surface area contributed by atoms with Crippen LogP contribution in [0.5, 0.6) is 0 Å². The number of halogens is 1. The quantitative estimate of drug-likeness (QED) is 0.885. The number of pyridine rings is 2. The minimum atomic E-state index is -3.70. The van der Waals surface area contributed by atoms with Crippen LogP contribution in [0, 0.1) is 0 Å². The van der Waals surface area contributed by atoms with E-state index in [0.29, 0.717) is 17.4 Å². The van der Waals surface area contributed by atoms with E-state index in [1.54, 1.807) is 6.07 Å². The van der Waals surface area contributed by atoms with Crippen molar-refractivity contribution in [2.45, 2.75) is 11.8 Å². The molecule has 0 aromatic carbocycles. The molecule has 0 aliphatic carbocycles. The van der Waals surface area contributed by atoms with Crippen molar-refractivity contribution in [3.63, 3.8) is 0 Å². The molecule has 2 aromatic rings. The first-order chi connectivity index (χ1) is 9.51. The van der Waals surface area contributed by atoms with Gasteiger partial charge < -0.3 is 5.32 Å². The van der Waals surface area contributed by atoms with Gasteiger partial charge in [0.15, 0.2) is 0 Å². The minimum Gasteiger partial charge on any atom is -0.370 e. The van der Waals surface area contributed by atoms with E-state index in [4.69, 9.17) is 11.6 Å². The van der Waals surface area contributed by atoms with E-state index in [-0.39, 0.29) is 10.7 Å². The van der Waals surface area contributed by atoms with Crippen LogP contribution in [0.2, 0.25) is 5.02 Å². The number of aromatic nitrogens is 2. The Balaban J connectivity index is 2.25. The highest BCUT2D eigenvalue weighted by Gasteiger charge is 2.15. The maximum absolute atomic E-state index is 12.2. The van der Waals surface area contributed by atoms with E-state index in [1.807, 2.05) is 6.92 Å². The van der Waals surface area contributed by atoms with Gasteiger partial charge in [-0.2, -0.15) is 0 Å². The lowest BCUT2D eigenvalue weighted by atomic mass is 10.4. The molecule has 0 fully saturated rings. The van der Waals surface area contributed by atoms with Crippen LogP contribution in [0.4, 0.5) is 11.6 Å². The van der Waals surface area contributed by atoms with Gasteiger partial charge in [0.05, 0.1) is 9.92 Å². The predicted molar refractivity (Wildman–Crippen MR) is 78.5 cm³/mol. The molecule has 2 N–H and O–H groups in total. The molecule has 2 aromatic heterocycles. The molecule has 0 radical (unpaired) electrons. The van der Waals surface area contributed by atoms with E-state index in [1.165, 1.54) is 30.6 Å². The average molecular weight is 313 g/mol. The Labute approximate surface area is 122 Å². The van der Waals surface area contributed by atoms with Gasteiger partial charge in [-0.1, -0.05) is 11.6 Å². The molecule has 0 unspecified atom stereocenters. The largest absolute Gasteiger partial charge is 0.370 e. The van der Waals surface area contributed by atoms with Crippen LogP contribution in [-0.4, -0.2) is 24.9 Å². The Morgan fingerprint density at radius 2 is 2.00 bits per heavy atom. The normalized spacial score (nSPS) is 11.1. The molecule has 8 heteroatoms. The summed E-state index contributed by atoms with van der Waals surface area (Å²) in [5, 5.41) is 3.39. The van der Waals surface area contributed by atoms with Crippen molar-refractivity contribution in [3.05, 3.63) is 41.7 Å². The summed E-state index contributed by atoms with van der Waals surface area (Å²) in [5.41, 5.74) is 0. The molecule has 2 heterocycles. The molecule has 6 nitrogen and oxygen atoms in total. The van der Waals surface area contributed by atoms with Crippen molar-refractivity contribution >= 4 is 33.3 Å². The van der Waals surface area contributed by atoms with E-state index >= 15 is 0 Å². The van der Waals surface area contributed by atoms with Crippen LogP contribution in [-0.2, 0) is 10.0 Å². The van der Waals surface area contributed by atoms with E-state index in [9.17, 15) is 8.42 Å². The Kier molecular flexibility index (Phi) is 4.41. The van der Waals surface area contributed by atoms with Gasteiger partial charge >= 0.3 is 0 Å². The Hall–Kier alpha value is -1.86. The topological polar surface area (TPSA) is 84.0 Å².